The number of rotatable bonds is 8. The number of nitrogens with zero attached hydrogens (tertiary/aromatic N) is 1. The lowest BCUT2D eigenvalue weighted by Crippen LogP contribution is -2.37. The van der Waals surface area contributed by atoms with Gasteiger partial charge in [-0.25, -0.2) is 4.39 Å². The summed E-state index contributed by atoms with van der Waals surface area (Å²) < 4.78 is 24.0. The van der Waals surface area contributed by atoms with Gasteiger partial charge in [0.15, 0.2) is 18.1 Å². The minimum atomic E-state index is -0.450. The highest BCUT2D eigenvalue weighted by atomic mass is 19.1. The molecule has 0 heterocycles. The molecule has 0 saturated carbocycles. The minimum Gasteiger partial charge on any atom is -0.490 e. The summed E-state index contributed by atoms with van der Waals surface area (Å²) in [5, 5.41) is 2.53. The molecule has 0 aliphatic heterocycles. The first-order valence-corrected chi connectivity index (χ1v) is 8.13. The minimum absolute atomic E-state index is 0.175. The molecular formula is C19H21FN2O4. The van der Waals surface area contributed by atoms with Crippen molar-refractivity contribution in [1.29, 1.82) is 0 Å². The molecule has 0 aliphatic rings. The molecule has 2 rings (SSSR count). The van der Waals surface area contributed by atoms with Crippen molar-refractivity contribution in [2.45, 2.75) is 6.92 Å². The van der Waals surface area contributed by atoms with Gasteiger partial charge in [0.2, 0.25) is 5.91 Å². The summed E-state index contributed by atoms with van der Waals surface area (Å²) in [5.41, 5.74) is 0.331. The van der Waals surface area contributed by atoms with E-state index in [4.69, 9.17) is 9.47 Å². The summed E-state index contributed by atoms with van der Waals surface area (Å²) in [5.74, 6) is -0.241. The number of anilines is 1. The molecule has 6 nitrogen and oxygen atoms in total. The van der Waals surface area contributed by atoms with Crippen molar-refractivity contribution in [3.63, 3.8) is 0 Å². The van der Waals surface area contributed by atoms with E-state index in [2.05, 4.69) is 5.32 Å². The van der Waals surface area contributed by atoms with Crippen LogP contribution in [0, 0.1) is 5.82 Å². The maximum Gasteiger partial charge on any atom is 0.260 e. The summed E-state index contributed by atoms with van der Waals surface area (Å²) >= 11 is 0. The molecule has 0 saturated heterocycles. The first-order valence-electron chi connectivity index (χ1n) is 8.13. The molecule has 0 aromatic heterocycles. The van der Waals surface area contributed by atoms with Gasteiger partial charge in [-0.2, -0.15) is 0 Å². The predicted molar refractivity (Wildman–Crippen MR) is 95.8 cm³/mol. The number of hydrogen-bond acceptors (Lipinski definition) is 4. The number of ether oxygens (including phenoxy) is 2. The number of amides is 2. The number of carbonyl (C=O) groups excluding carboxylic acids is 2. The Morgan fingerprint density at radius 1 is 1.08 bits per heavy atom. The van der Waals surface area contributed by atoms with Crippen LogP contribution in [-0.4, -0.2) is 43.5 Å². The van der Waals surface area contributed by atoms with Crippen molar-refractivity contribution in [3.05, 3.63) is 54.3 Å². The molecule has 2 aromatic carbocycles. The van der Waals surface area contributed by atoms with Gasteiger partial charge in [-0.15, -0.1) is 0 Å². The van der Waals surface area contributed by atoms with Gasteiger partial charge in [-0.3, -0.25) is 9.59 Å². The van der Waals surface area contributed by atoms with Crippen LogP contribution in [0.4, 0.5) is 10.1 Å². The second kappa shape index (κ2) is 9.41. The SMILES string of the molecule is CCOc1ccccc1OCC(=O)N(C)CC(=O)Nc1cccc(F)c1. The Labute approximate surface area is 151 Å². The summed E-state index contributed by atoms with van der Waals surface area (Å²) in [6, 6.07) is 12.6. The fourth-order valence-corrected chi connectivity index (χ4v) is 2.16. The molecule has 1 N–H and O–H groups in total. The lowest BCUT2D eigenvalue weighted by molar-refractivity contribution is -0.135. The first kappa shape index (κ1) is 19.2. The summed E-state index contributed by atoms with van der Waals surface area (Å²) in [7, 11) is 1.49. The molecule has 0 atom stereocenters. The molecule has 0 radical (unpaired) electrons. The van der Waals surface area contributed by atoms with E-state index in [0.717, 1.165) is 0 Å². The van der Waals surface area contributed by atoms with Crippen molar-refractivity contribution in [2.75, 3.05) is 32.1 Å². The van der Waals surface area contributed by atoms with Gasteiger partial charge < -0.3 is 19.7 Å². The third kappa shape index (κ3) is 5.77. The fraction of sp³-hybridized carbons (Fsp3) is 0.263. The van der Waals surface area contributed by atoms with Crippen LogP contribution in [0.1, 0.15) is 6.92 Å². The highest BCUT2D eigenvalue weighted by Gasteiger charge is 2.15. The number of para-hydroxylation sites is 2. The highest BCUT2D eigenvalue weighted by Crippen LogP contribution is 2.26. The first-order chi connectivity index (χ1) is 12.5. The van der Waals surface area contributed by atoms with E-state index in [1.54, 1.807) is 24.3 Å². The van der Waals surface area contributed by atoms with E-state index in [9.17, 15) is 14.0 Å². The second-order valence-corrected chi connectivity index (χ2v) is 5.48. The molecular weight excluding hydrogens is 339 g/mol. The molecule has 2 amide bonds. The van der Waals surface area contributed by atoms with Crippen molar-refractivity contribution in [2.24, 2.45) is 0 Å². The number of hydrogen-bond donors (Lipinski definition) is 1. The van der Waals surface area contributed by atoms with Gasteiger partial charge in [-0.05, 0) is 37.3 Å². The van der Waals surface area contributed by atoms with E-state index in [1.807, 2.05) is 13.0 Å². The number of halogens is 1. The average Bonchev–Trinajstić information content (AvgIpc) is 2.60. The van der Waals surface area contributed by atoms with Gasteiger partial charge in [0.1, 0.15) is 5.82 Å². The van der Waals surface area contributed by atoms with Crippen LogP contribution in [0.5, 0.6) is 11.5 Å². The van der Waals surface area contributed by atoms with Crippen molar-refractivity contribution >= 4 is 17.5 Å². The molecule has 26 heavy (non-hydrogen) atoms. The highest BCUT2D eigenvalue weighted by molar-refractivity contribution is 5.94. The van der Waals surface area contributed by atoms with Crippen molar-refractivity contribution in [1.82, 2.24) is 4.90 Å². The third-order valence-corrected chi connectivity index (χ3v) is 3.42. The molecule has 0 aliphatic carbocycles. The second-order valence-electron chi connectivity index (χ2n) is 5.48. The maximum absolute atomic E-state index is 13.1. The van der Waals surface area contributed by atoms with Gasteiger partial charge in [0, 0.05) is 12.7 Å². The van der Waals surface area contributed by atoms with E-state index in [1.165, 1.54) is 30.1 Å². The standard InChI is InChI=1S/C19H21FN2O4/c1-3-25-16-9-4-5-10-17(16)26-13-19(24)22(2)12-18(23)21-15-8-6-7-14(20)11-15/h4-11H,3,12-13H2,1-2H3,(H,21,23). The van der Waals surface area contributed by atoms with Crippen LogP contribution in [-0.2, 0) is 9.59 Å². The van der Waals surface area contributed by atoms with Gasteiger partial charge in [-0.1, -0.05) is 18.2 Å². The number of benzene rings is 2. The fourth-order valence-electron chi connectivity index (χ4n) is 2.16. The van der Waals surface area contributed by atoms with Gasteiger partial charge in [0.25, 0.3) is 5.91 Å². The van der Waals surface area contributed by atoms with E-state index in [-0.39, 0.29) is 19.1 Å². The predicted octanol–water partition coefficient (Wildman–Crippen LogP) is 2.70. The topological polar surface area (TPSA) is 67.9 Å². The van der Waals surface area contributed by atoms with Crippen LogP contribution < -0.4 is 14.8 Å². The summed E-state index contributed by atoms with van der Waals surface area (Å²) in [4.78, 5) is 25.3. The van der Waals surface area contributed by atoms with E-state index < -0.39 is 11.7 Å². The van der Waals surface area contributed by atoms with Crippen LogP contribution in [0.25, 0.3) is 0 Å². The van der Waals surface area contributed by atoms with Crippen LogP contribution >= 0.6 is 0 Å². The van der Waals surface area contributed by atoms with Crippen LogP contribution in [0.2, 0.25) is 0 Å². The zero-order valence-corrected chi connectivity index (χ0v) is 14.7. The van der Waals surface area contributed by atoms with Crippen LogP contribution in [0.15, 0.2) is 48.5 Å². The molecule has 7 heteroatoms. The zero-order chi connectivity index (χ0) is 18.9. The molecule has 2 aromatic rings. The van der Waals surface area contributed by atoms with E-state index in [0.29, 0.717) is 23.8 Å². The molecule has 0 unspecified atom stereocenters. The Kier molecular flexibility index (Phi) is 6.96. The smallest absolute Gasteiger partial charge is 0.260 e. The van der Waals surface area contributed by atoms with Gasteiger partial charge in [0.05, 0.1) is 13.2 Å². The average molecular weight is 360 g/mol. The zero-order valence-electron chi connectivity index (χ0n) is 14.7. The Morgan fingerprint density at radius 2 is 1.77 bits per heavy atom. The lowest BCUT2D eigenvalue weighted by atomic mass is 10.3. The Balaban J connectivity index is 1.84. The van der Waals surface area contributed by atoms with Crippen LogP contribution in [0.3, 0.4) is 0 Å². The van der Waals surface area contributed by atoms with Gasteiger partial charge >= 0.3 is 0 Å². The largest absolute Gasteiger partial charge is 0.490 e. The third-order valence-electron chi connectivity index (χ3n) is 3.42. The molecule has 0 spiro atoms. The Hall–Kier alpha value is -3.09. The van der Waals surface area contributed by atoms with E-state index >= 15 is 0 Å². The van der Waals surface area contributed by atoms with Crippen molar-refractivity contribution < 1.29 is 23.5 Å². The quantitative estimate of drug-likeness (QED) is 0.786. The molecule has 138 valence electrons. The normalized spacial score (nSPS) is 10.1. The lowest BCUT2D eigenvalue weighted by Gasteiger charge is -2.18. The van der Waals surface area contributed by atoms with Crippen molar-refractivity contribution in [3.8, 4) is 11.5 Å². The number of nitrogens with one attached hydrogen (secondary N) is 1. The Morgan fingerprint density at radius 3 is 2.42 bits per heavy atom. The maximum atomic E-state index is 13.1. The monoisotopic (exact) mass is 360 g/mol. The Bertz CT molecular complexity index is 767. The summed E-state index contributed by atoms with van der Waals surface area (Å²) in [6.07, 6.45) is 0. The molecule has 0 fully saturated rings. The summed E-state index contributed by atoms with van der Waals surface area (Å²) in [6.45, 7) is 1.93. The molecule has 0 bridgehead atoms. The number of likely N-dealkylation sites (N-methyl/N-ethyl adjacent to an activating group) is 1. The number of carbonyl (C=O) groups is 2.